The number of nitrogens with one attached hydrogen (secondary N) is 1. The van der Waals surface area contributed by atoms with Crippen molar-refractivity contribution >= 4 is 21.8 Å². The van der Waals surface area contributed by atoms with Crippen molar-refractivity contribution in [2.45, 2.75) is 26.4 Å². The van der Waals surface area contributed by atoms with Crippen LogP contribution in [0.3, 0.4) is 0 Å². The number of benzene rings is 1. The molecule has 0 saturated heterocycles. The highest BCUT2D eigenvalue weighted by atomic mass is 79.9. The normalized spacial score (nSPS) is 12.2. The summed E-state index contributed by atoms with van der Waals surface area (Å²) in [6, 6.07) is 5.79. The quantitative estimate of drug-likeness (QED) is 0.724. The van der Waals surface area contributed by atoms with Crippen LogP contribution in [0, 0.1) is 5.92 Å². The van der Waals surface area contributed by atoms with Gasteiger partial charge < -0.3 is 10.1 Å². The van der Waals surface area contributed by atoms with Crippen LogP contribution in [0.25, 0.3) is 0 Å². The summed E-state index contributed by atoms with van der Waals surface area (Å²) in [7, 11) is 0. The molecule has 1 atom stereocenters. The molecule has 1 aromatic carbocycles. The van der Waals surface area contributed by atoms with Gasteiger partial charge in [0.25, 0.3) is 5.91 Å². The standard InChI is InChI=1S/C14H18BrF2NO2/c1-2-10(6-7-15)9-18-13(19)11-4-3-5-12(8-11)20-14(16)17/h3-5,8,10,14H,2,6-7,9H2,1H3,(H,18,19). The van der Waals surface area contributed by atoms with Crippen molar-refractivity contribution in [1.29, 1.82) is 0 Å². The lowest BCUT2D eigenvalue weighted by molar-refractivity contribution is -0.0498. The summed E-state index contributed by atoms with van der Waals surface area (Å²) in [4.78, 5) is 11.9. The summed E-state index contributed by atoms with van der Waals surface area (Å²) in [5.74, 6) is 0.108. The Kier molecular flexibility index (Phi) is 7.51. The van der Waals surface area contributed by atoms with Gasteiger partial charge in [-0.2, -0.15) is 8.78 Å². The third kappa shape index (κ3) is 5.86. The van der Waals surface area contributed by atoms with Gasteiger partial charge >= 0.3 is 6.61 Å². The Morgan fingerprint density at radius 1 is 1.45 bits per heavy atom. The van der Waals surface area contributed by atoms with Gasteiger partial charge in [0.05, 0.1) is 0 Å². The second kappa shape index (κ2) is 8.89. The van der Waals surface area contributed by atoms with E-state index < -0.39 is 6.61 Å². The van der Waals surface area contributed by atoms with Gasteiger partial charge in [0.15, 0.2) is 0 Å². The maximum atomic E-state index is 12.1. The van der Waals surface area contributed by atoms with Gasteiger partial charge in [0.2, 0.25) is 0 Å². The predicted molar refractivity (Wildman–Crippen MR) is 77.6 cm³/mol. The van der Waals surface area contributed by atoms with E-state index in [0.29, 0.717) is 18.0 Å². The summed E-state index contributed by atoms with van der Waals surface area (Å²) in [5, 5.41) is 3.70. The van der Waals surface area contributed by atoms with Crippen molar-refractivity contribution in [2.24, 2.45) is 5.92 Å². The Hall–Kier alpha value is -1.17. The minimum Gasteiger partial charge on any atom is -0.435 e. The third-order valence-corrected chi connectivity index (χ3v) is 3.43. The first-order valence-electron chi connectivity index (χ1n) is 6.45. The molecule has 20 heavy (non-hydrogen) atoms. The molecule has 0 aliphatic heterocycles. The van der Waals surface area contributed by atoms with Gasteiger partial charge in [-0.05, 0) is 30.5 Å². The lowest BCUT2D eigenvalue weighted by atomic mass is 10.0. The molecule has 0 radical (unpaired) electrons. The Morgan fingerprint density at radius 3 is 2.80 bits per heavy atom. The van der Waals surface area contributed by atoms with Crippen molar-refractivity contribution in [2.75, 3.05) is 11.9 Å². The number of amides is 1. The zero-order chi connectivity index (χ0) is 15.0. The lowest BCUT2D eigenvalue weighted by Gasteiger charge is -2.14. The third-order valence-electron chi connectivity index (χ3n) is 2.97. The minimum absolute atomic E-state index is 0.0138. The van der Waals surface area contributed by atoms with Crippen LogP contribution >= 0.6 is 15.9 Å². The number of carbonyl (C=O) groups excluding carboxylic acids is 1. The zero-order valence-corrected chi connectivity index (χ0v) is 12.8. The molecule has 1 N–H and O–H groups in total. The minimum atomic E-state index is -2.89. The molecule has 0 saturated carbocycles. The molecule has 0 fully saturated rings. The van der Waals surface area contributed by atoms with Gasteiger partial charge in [-0.3, -0.25) is 4.79 Å². The van der Waals surface area contributed by atoms with Crippen molar-refractivity contribution in [3.8, 4) is 5.75 Å². The molecule has 1 unspecified atom stereocenters. The van der Waals surface area contributed by atoms with E-state index in [4.69, 9.17) is 0 Å². The maximum Gasteiger partial charge on any atom is 0.387 e. The molecule has 1 aromatic rings. The molecule has 6 heteroatoms. The fourth-order valence-corrected chi connectivity index (χ4v) is 2.40. The zero-order valence-electron chi connectivity index (χ0n) is 11.2. The summed E-state index contributed by atoms with van der Waals surface area (Å²) < 4.78 is 28.5. The number of ether oxygens (including phenoxy) is 1. The molecule has 0 aliphatic carbocycles. The Morgan fingerprint density at radius 2 is 2.20 bits per heavy atom. The molecular formula is C14H18BrF2NO2. The van der Waals surface area contributed by atoms with Crippen molar-refractivity contribution in [1.82, 2.24) is 5.32 Å². The lowest BCUT2D eigenvalue weighted by Crippen LogP contribution is -2.29. The van der Waals surface area contributed by atoms with E-state index >= 15 is 0 Å². The van der Waals surface area contributed by atoms with Crippen molar-refractivity contribution in [3.05, 3.63) is 29.8 Å². The van der Waals surface area contributed by atoms with Gasteiger partial charge in [-0.25, -0.2) is 0 Å². The number of carbonyl (C=O) groups is 1. The van der Waals surface area contributed by atoms with Crippen LogP contribution < -0.4 is 10.1 Å². The van der Waals surface area contributed by atoms with Gasteiger partial charge in [0.1, 0.15) is 5.75 Å². The van der Waals surface area contributed by atoms with Crippen LogP contribution in [-0.2, 0) is 0 Å². The molecule has 0 bridgehead atoms. The number of alkyl halides is 3. The first kappa shape index (κ1) is 16.9. The highest BCUT2D eigenvalue weighted by Gasteiger charge is 2.11. The van der Waals surface area contributed by atoms with E-state index in [1.165, 1.54) is 18.2 Å². The SMILES string of the molecule is CCC(CCBr)CNC(=O)c1cccc(OC(F)F)c1. The van der Waals surface area contributed by atoms with Crippen LogP contribution in [0.4, 0.5) is 8.78 Å². The summed E-state index contributed by atoms with van der Waals surface area (Å²) in [5.41, 5.74) is 0.317. The summed E-state index contributed by atoms with van der Waals surface area (Å²) >= 11 is 3.37. The summed E-state index contributed by atoms with van der Waals surface area (Å²) in [6.45, 7) is -0.256. The highest BCUT2D eigenvalue weighted by Crippen LogP contribution is 2.16. The number of halogens is 3. The molecule has 0 heterocycles. The summed E-state index contributed by atoms with van der Waals surface area (Å²) in [6.07, 6.45) is 1.95. The van der Waals surface area contributed by atoms with E-state index in [2.05, 4.69) is 32.9 Å². The average Bonchev–Trinajstić information content (AvgIpc) is 2.42. The molecule has 0 spiro atoms. The van der Waals surface area contributed by atoms with E-state index in [0.717, 1.165) is 18.2 Å². The molecule has 1 rings (SSSR count). The molecular weight excluding hydrogens is 332 g/mol. The van der Waals surface area contributed by atoms with Crippen LogP contribution in [0.15, 0.2) is 24.3 Å². The van der Waals surface area contributed by atoms with Gasteiger partial charge in [-0.1, -0.05) is 35.3 Å². The van der Waals surface area contributed by atoms with Gasteiger partial charge in [0, 0.05) is 17.4 Å². The molecule has 0 aromatic heterocycles. The molecule has 112 valence electrons. The second-order valence-corrected chi connectivity index (χ2v) is 5.16. The van der Waals surface area contributed by atoms with E-state index in [1.54, 1.807) is 6.07 Å². The van der Waals surface area contributed by atoms with E-state index in [1.807, 2.05) is 0 Å². The largest absolute Gasteiger partial charge is 0.435 e. The Balaban J connectivity index is 2.58. The highest BCUT2D eigenvalue weighted by molar-refractivity contribution is 9.09. The number of hydrogen-bond donors (Lipinski definition) is 1. The van der Waals surface area contributed by atoms with Crippen LogP contribution in [-0.4, -0.2) is 24.4 Å². The first-order valence-corrected chi connectivity index (χ1v) is 7.58. The smallest absolute Gasteiger partial charge is 0.387 e. The van der Waals surface area contributed by atoms with Crippen LogP contribution in [0.1, 0.15) is 30.1 Å². The van der Waals surface area contributed by atoms with Crippen LogP contribution in [0.2, 0.25) is 0 Å². The first-order chi connectivity index (χ1) is 9.56. The Labute approximate surface area is 125 Å². The molecule has 3 nitrogen and oxygen atoms in total. The number of rotatable bonds is 8. The Bertz CT molecular complexity index is 429. The monoisotopic (exact) mass is 349 g/mol. The second-order valence-electron chi connectivity index (χ2n) is 4.37. The average molecular weight is 350 g/mol. The fraction of sp³-hybridized carbons (Fsp3) is 0.500. The maximum absolute atomic E-state index is 12.1. The molecule has 0 aliphatic rings. The van der Waals surface area contributed by atoms with E-state index in [-0.39, 0.29) is 11.7 Å². The topological polar surface area (TPSA) is 38.3 Å². The van der Waals surface area contributed by atoms with E-state index in [9.17, 15) is 13.6 Å². The predicted octanol–water partition coefficient (Wildman–Crippen LogP) is 3.83. The fourth-order valence-electron chi connectivity index (χ4n) is 1.76. The van der Waals surface area contributed by atoms with Crippen molar-refractivity contribution in [3.63, 3.8) is 0 Å². The van der Waals surface area contributed by atoms with Crippen LogP contribution in [0.5, 0.6) is 5.75 Å². The van der Waals surface area contributed by atoms with Crippen molar-refractivity contribution < 1.29 is 18.3 Å². The number of hydrogen-bond acceptors (Lipinski definition) is 2. The molecule has 1 amide bonds. The van der Waals surface area contributed by atoms with Gasteiger partial charge in [-0.15, -0.1) is 0 Å².